The molecule has 0 saturated carbocycles. The molecule has 0 bridgehead atoms. The van der Waals surface area contributed by atoms with Crippen LogP contribution in [0, 0.1) is 0 Å². The third kappa shape index (κ3) is 6.27. The van der Waals surface area contributed by atoms with Crippen molar-refractivity contribution in [1.29, 1.82) is 0 Å². The van der Waals surface area contributed by atoms with E-state index < -0.39 is 18.2 Å². The highest BCUT2D eigenvalue weighted by molar-refractivity contribution is 6.42. The number of benzene rings is 3. The Labute approximate surface area is 225 Å². The molecule has 1 heterocycles. The lowest BCUT2D eigenvalue weighted by atomic mass is 10.1. The number of hydrogen-bond donors (Lipinski definition) is 1. The van der Waals surface area contributed by atoms with Crippen LogP contribution in [-0.2, 0) is 9.59 Å². The molecule has 0 radical (unpaired) electrons. The molecule has 9 heteroatoms. The normalized spacial score (nSPS) is 10.5. The molecule has 39 heavy (non-hydrogen) atoms. The lowest BCUT2D eigenvalue weighted by Gasteiger charge is -2.14. The molecule has 0 unspecified atom stereocenters. The van der Waals surface area contributed by atoms with E-state index in [1.165, 1.54) is 6.07 Å². The zero-order valence-electron chi connectivity index (χ0n) is 21.6. The van der Waals surface area contributed by atoms with E-state index in [4.69, 9.17) is 19.2 Å². The Bertz CT molecular complexity index is 1450. The second-order valence-electron chi connectivity index (χ2n) is 8.12. The molecule has 4 rings (SSSR count). The number of aromatic hydroxyl groups is 1. The van der Waals surface area contributed by atoms with Crippen molar-refractivity contribution in [2.45, 2.75) is 13.8 Å². The lowest BCUT2D eigenvalue weighted by molar-refractivity contribution is -0.135. The summed E-state index contributed by atoms with van der Waals surface area (Å²) in [6.07, 6.45) is 0.926. The van der Waals surface area contributed by atoms with Crippen LogP contribution in [0.2, 0.25) is 0 Å². The molecule has 0 atom stereocenters. The molecule has 9 nitrogen and oxygen atoms in total. The molecule has 0 aliphatic heterocycles. The largest absolute Gasteiger partial charge is 0.507 e. The highest BCUT2D eigenvalue weighted by Crippen LogP contribution is 2.36. The van der Waals surface area contributed by atoms with Crippen molar-refractivity contribution in [2.75, 3.05) is 19.8 Å². The van der Waals surface area contributed by atoms with E-state index in [2.05, 4.69) is 16.5 Å². The minimum atomic E-state index is -0.749. The van der Waals surface area contributed by atoms with E-state index in [0.29, 0.717) is 53.1 Å². The Balaban J connectivity index is 1.81. The van der Waals surface area contributed by atoms with Crippen molar-refractivity contribution in [3.05, 3.63) is 79.4 Å². The minimum absolute atomic E-state index is 0.186. The molecule has 4 aromatic rings. The Hall–Kier alpha value is -5.05. The summed E-state index contributed by atoms with van der Waals surface area (Å²) in [7, 11) is 0. The van der Waals surface area contributed by atoms with Gasteiger partial charge in [0.2, 0.25) is 11.6 Å². The van der Waals surface area contributed by atoms with Crippen molar-refractivity contribution >= 4 is 11.6 Å². The number of carbonyl (C=O) groups excluding carboxylic acids is 2. The number of nitrogens with zero attached hydrogens (tertiary/aromatic N) is 3. The van der Waals surface area contributed by atoms with Crippen molar-refractivity contribution in [3.63, 3.8) is 0 Å². The number of phenols is 1. The maximum Gasteiger partial charge on any atom is 0.239 e. The van der Waals surface area contributed by atoms with Crippen molar-refractivity contribution < 1.29 is 28.9 Å². The van der Waals surface area contributed by atoms with E-state index in [-0.39, 0.29) is 17.3 Å². The summed E-state index contributed by atoms with van der Waals surface area (Å²) in [5, 5.41) is 10.9. The first-order chi connectivity index (χ1) is 18.9. The first-order valence-corrected chi connectivity index (χ1v) is 12.3. The number of rotatable bonds is 12. The summed E-state index contributed by atoms with van der Waals surface area (Å²) < 4.78 is 17.0. The van der Waals surface area contributed by atoms with Gasteiger partial charge in [0.05, 0.1) is 29.9 Å². The molecule has 0 amide bonds. The number of allylic oxidation sites excluding steroid dienone is 1. The van der Waals surface area contributed by atoms with Gasteiger partial charge in [0.1, 0.15) is 23.0 Å². The van der Waals surface area contributed by atoms with Gasteiger partial charge in [-0.15, -0.1) is 0 Å². The zero-order valence-corrected chi connectivity index (χ0v) is 21.6. The van der Waals surface area contributed by atoms with Crippen molar-refractivity contribution in [3.8, 4) is 57.2 Å². The molecule has 0 saturated heterocycles. The standard InChI is InChI=1S/C30H27N3O6/c1-4-23(34)25(36)18-39-19-15-16-20(24(35)17-19)28-31-29(21-11-7-9-13-26(21)37-5-2)33-30(32-28)22-12-8-10-14-27(22)38-6-3/h4,7-17,35H,1,5-6,18H2,2-3H3. The average molecular weight is 526 g/mol. The van der Waals surface area contributed by atoms with E-state index in [9.17, 15) is 14.7 Å². The molecule has 198 valence electrons. The second kappa shape index (κ2) is 12.5. The number of para-hydroxylation sites is 2. The van der Waals surface area contributed by atoms with Gasteiger partial charge < -0.3 is 19.3 Å². The maximum atomic E-state index is 11.8. The van der Waals surface area contributed by atoms with Crippen LogP contribution in [0.5, 0.6) is 23.0 Å². The van der Waals surface area contributed by atoms with E-state index in [0.717, 1.165) is 6.08 Å². The third-order valence-corrected chi connectivity index (χ3v) is 5.53. The molecule has 0 spiro atoms. The van der Waals surface area contributed by atoms with Gasteiger partial charge in [-0.3, -0.25) is 9.59 Å². The van der Waals surface area contributed by atoms with Gasteiger partial charge in [-0.05, 0) is 56.3 Å². The first-order valence-electron chi connectivity index (χ1n) is 12.3. The van der Waals surface area contributed by atoms with E-state index in [1.54, 1.807) is 12.1 Å². The highest BCUT2D eigenvalue weighted by atomic mass is 16.5. The van der Waals surface area contributed by atoms with Crippen LogP contribution in [0.15, 0.2) is 79.4 Å². The molecular weight excluding hydrogens is 498 g/mol. The van der Waals surface area contributed by atoms with Crippen LogP contribution in [0.4, 0.5) is 0 Å². The topological polar surface area (TPSA) is 121 Å². The van der Waals surface area contributed by atoms with Gasteiger partial charge in [-0.1, -0.05) is 30.8 Å². The molecular formula is C30H27N3O6. The van der Waals surface area contributed by atoms with Gasteiger partial charge in [-0.25, -0.2) is 15.0 Å². The highest BCUT2D eigenvalue weighted by Gasteiger charge is 2.19. The van der Waals surface area contributed by atoms with Gasteiger partial charge >= 0.3 is 0 Å². The zero-order chi connectivity index (χ0) is 27.8. The fourth-order valence-electron chi connectivity index (χ4n) is 3.73. The number of phenolic OH excluding ortho intramolecular Hbond substituents is 1. The Kier molecular flexibility index (Phi) is 8.63. The smallest absolute Gasteiger partial charge is 0.239 e. The van der Waals surface area contributed by atoms with Crippen LogP contribution in [-0.4, -0.2) is 51.4 Å². The SMILES string of the molecule is C=CC(=O)C(=O)COc1ccc(-c2nc(-c3ccccc3OCC)nc(-c3ccccc3OCC)n2)c(O)c1. The Morgan fingerprint density at radius 3 is 1.77 bits per heavy atom. The summed E-state index contributed by atoms with van der Waals surface area (Å²) in [6.45, 7) is 7.50. The van der Waals surface area contributed by atoms with Crippen LogP contribution >= 0.6 is 0 Å². The first kappa shape index (κ1) is 27.0. The van der Waals surface area contributed by atoms with Crippen LogP contribution in [0.25, 0.3) is 34.2 Å². The third-order valence-electron chi connectivity index (χ3n) is 5.53. The average Bonchev–Trinajstić information content (AvgIpc) is 2.96. The number of hydrogen-bond acceptors (Lipinski definition) is 9. The second-order valence-corrected chi connectivity index (χ2v) is 8.12. The number of carbonyl (C=O) groups is 2. The fourth-order valence-corrected chi connectivity index (χ4v) is 3.73. The molecule has 3 aromatic carbocycles. The van der Waals surface area contributed by atoms with Crippen molar-refractivity contribution in [1.82, 2.24) is 15.0 Å². The molecule has 1 aromatic heterocycles. The van der Waals surface area contributed by atoms with Gasteiger partial charge in [-0.2, -0.15) is 0 Å². The summed E-state index contributed by atoms with van der Waals surface area (Å²) in [6, 6.07) is 19.2. The van der Waals surface area contributed by atoms with Crippen LogP contribution in [0.1, 0.15) is 13.8 Å². The summed E-state index contributed by atoms with van der Waals surface area (Å²) in [5.74, 6) is 0.614. The predicted molar refractivity (Wildman–Crippen MR) is 146 cm³/mol. The Morgan fingerprint density at radius 2 is 1.28 bits per heavy atom. The summed E-state index contributed by atoms with van der Waals surface area (Å²) in [5.41, 5.74) is 1.62. The quantitative estimate of drug-likeness (QED) is 0.199. The Morgan fingerprint density at radius 1 is 0.769 bits per heavy atom. The van der Waals surface area contributed by atoms with Gasteiger partial charge in [0.25, 0.3) is 0 Å². The molecule has 0 aliphatic rings. The summed E-state index contributed by atoms with van der Waals surface area (Å²) in [4.78, 5) is 37.3. The number of ether oxygens (including phenoxy) is 3. The fraction of sp³-hybridized carbons (Fsp3) is 0.167. The molecule has 1 N–H and O–H groups in total. The number of ketones is 2. The van der Waals surface area contributed by atoms with Gasteiger partial charge in [0, 0.05) is 6.07 Å². The molecule has 0 fully saturated rings. The maximum absolute atomic E-state index is 11.8. The number of aromatic nitrogens is 3. The lowest BCUT2D eigenvalue weighted by Crippen LogP contribution is -2.19. The number of Topliss-reactive ketones (excluding diaryl/α,β-unsaturated/α-hetero) is 1. The summed E-state index contributed by atoms with van der Waals surface area (Å²) >= 11 is 0. The minimum Gasteiger partial charge on any atom is -0.507 e. The monoisotopic (exact) mass is 525 g/mol. The van der Waals surface area contributed by atoms with Crippen LogP contribution < -0.4 is 14.2 Å². The van der Waals surface area contributed by atoms with Gasteiger partial charge in [0.15, 0.2) is 24.1 Å². The van der Waals surface area contributed by atoms with Crippen LogP contribution in [0.3, 0.4) is 0 Å². The van der Waals surface area contributed by atoms with E-state index in [1.807, 2.05) is 62.4 Å². The van der Waals surface area contributed by atoms with E-state index >= 15 is 0 Å². The molecule has 0 aliphatic carbocycles. The van der Waals surface area contributed by atoms with Crippen molar-refractivity contribution in [2.24, 2.45) is 0 Å². The predicted octanol–water partition coefficient (Wildman–Crippen LogP) is 5.08.